The maximum atomic E-state index is 9.90. The first-order valence-electron chi connectivity index (χ1n) is 11.5. The van der Waals surface area contributed by atoms with E-state index in [1.165, 1.54) is 27.6 Å². The van der Waals surface area contributed by atoms with Crippen molar-refractivity contribution >= 4 is 13.9 Å². The van der Waals surface area contributed by atoms with Crippen LogP contribution in [0.25, 0.3) is 0 Å². The third-order valence-electron chi connectivity index (χ3n) is 6.27. The molecule has 3 aromatic carbocycles. The molecule has 0 aromatic heterocycles. The average Bonchev–Trinajstić information content (AvgIpc) is 2.78. The van der Waals surface area contributed by atoms with Crippen LogP contribution in [0.5, 0.6) is 5.75 Å². The predicted octanol–water partition coefficient (Wildman–Crippen LogP) is 6.99. The molecule has 0 aliphatic carbocycles. The number of aliphatic hydroxyl groups excluding tert-OH is 1. The van der Waals surface area contributed by atoms with Crippen LogP contribution in [0.15, 0.2) is 66.7 Å². The zero-order valence-electron chi connectivity index (χ0n) is 20.3. The Morgan fingerprint density at radius 2 is 1.56 bits per heavy atom. The smallest absolute Gasteiger partial charge is 0.126 e. The van der Waals surface area contributed by atoms with Gasteiger partial charge in [0.1, 0.15) is 12.4 Å². The fourth-order valence-corrected chi connectivity index (χ4v) is 5.56. The van der Waals surface area contributed by atoms with E-state index in [-0.39, 0.29) is 17.2 Å². The maximum Gasteiger partial charge on any atom is 0.126 e. The zero-order chi connectivity index (χ0) is 23.4. The third kappa shape index (κ3) is 5.61. The molecule has 2 atom stereocenters. The Kier molecular flexibility index (Phi) is 7.80. The molecule has 0 heterocycles. The number of aryl methyl sites for hydroxylation is 1. The quantitative estimate of drug-likeness (QED) is 0.376. The van der Waals surface area contributed by atoms with Crippen molar-refractivity contribution in [1.29, 1.82) is 0 Å². The predicted molar refractivity (Wildman–Crippen MR) is 139 cm³/mol. The van der Waals surface area contributed by atoms with Crippen LogP contribution in [-0.2, 0) is 23.8 Å². The average molecular weight is 449 g/mol. The minimum Gasteiger partial charge on any atom is -0.488 e. The summed E-state index contributed by atoms with van der Waals surface area (Å²) in [6.07, 6.45) is 0.986. The molecule has 0 saturated carbocycles. The molecule has 1 N–H and O–H groups in total. The maximum absolute atomic E-state index is 9.90. The highest BCUT2D eigenvalue weighted by Crippen LogP contribution is 2.49. The summed E-state index contributed by atoms with van der Waals surface area (Å²) < 4.78 is 6.52. The van der Waals surface area contributed by atoms with E-state index in [4.69, 9.17) is 4.74 Å². The minimum atomic E-state index is -0.0939. The van der Waals surface area contributed by atoms with E-state index >= 15 is 0 Å². The molecule has 0 fully saturated rings. The van der Waals surface area contributed by atoms with Gasteiger partial charge >= 0.3 is 0 Å². The van der Waals surface area contributed by atoms with Crippen molar-refractivity contribution in [3.05, 3.63) is 94.5 Å². The molecule has 0 spiro atoms. The minimum absolute atomic E-state index is 0.0538. The number of hydrogen-bond donors (Lipinski definition) is 1. The molecule has 0 bridgehead atoms. The van der Waals surface area contributed by atoms with Gasteiger partial charge in [-0.15, -0.1) is 0 Å². The molecule has 0 radical (unpaired) electrons. The van der Waals surface area contributed by atoms with Gasteiger partial charge in [0, 0.05) is 10.7 Å². The molecule has 0 aliphatic rings. The normalized spacial score (nSPS) is 14.0. The largest absolute Gasteiger partial charge is 0.488 e. The molecule has 0 aliphatic heterocycles. The number of benzene rings is 3. The van der Waals surface area contributed by atoms with Crippen LogP contribution in [0.2, 0.25) is 0 Å². The van der Waals surface area contributed by atoms with Crippen molar-refractivity contribution in [2.75, 3.05) is 0 Å². The summed E-state index contributed by atoms with van der Waals surface area (Å²) in [4.78, 5) is 0. The highest BCUT2D eigenvalue weighted by Gasteiger charge is 2.32. The lowest BCUT2D eigenvalue weighted by molar-refractivity contribution is 0.283. The summed E-state index contributed by atoms with van der Waals surface area (Å²) in [5, 5.41) is 11.0. The molecular weight excluding hydrogens is 411 g/mol. The molecule has 0 amide bonds. The second-order valence-electron chi connectivity index (χ2n) is 9.82. The molecule has 3 aromatic rings. The number of hydrogen-bond acceptors (Lipinski definition) is 2. The van der Waals surface area contributed by atoms with Crippen molar-refractivity contribution in [1.82, 2.24) is 0 Å². The summed E-state index contributed by atoms with van der Waals surface area (Å²) in [6, 6.07) is 23.3. The van der Waals surface area contributed by atoms with Gasteiger partial charge in [0.25, 0.3) is 0 Å². The Labute approximate surface area is 195 Å². The van der Waals surface area contributed by atoms with Crippen LogP contribution in [0.3, 0.4) is 0 Å². The van der Waals surface area contributed by atoms with Crippen molar-refractivity contribution in [3.63, 3.8) is 0 Å². The van der Waals surface area contributed by atoms with E-state index in [1.807, 2.05) is 18.2 Å². The van der Waals surface area contributed by atoms with Crippen LogP contribution in [0.4, 0.5) is 0 Å². The Balaban J connectivity index is 2.09. The zero-order valence-corrected chi connectivity index (χ0v) is 21.3. The molecule has 2 unspecified atom stereocenters. The number of rotatable bonds is 8. The van der Waals surface area contributed by atoms with Gasteiger partial charge in [-0.25, -0.2) is 0 Å². The van der Waals surface area contributed by atoms with Crippen LogP contribution in [0.1, 0.15) is 68.9 Å². The fourth-order valence-electron chi connectivity index (χ4n) is 3.96. The second kappa shape index (κ2) is 10.2. The van der Waals surface area contributed by atoms with Gasteiger partial charge in [-0.05, 0) is 46.3 Å². The van der Waals surface area contributed by atoms with Crippen molar-refractivity contribution in [2.45, 2.75) is 71.7 Å². The van der Waals surface area contributed by atoms with Gasteiger partial charge in [-0.2, -0.15) is 0 Å². The van der Waals surface area contributed by atoms with Gasteiger partial charge in [0.05, 0.1) is 6.61 Å². The lowest BCUT2D eigenvalue weighted by Crippen LogP contribution is -2.23. The molecular formula is C29H37O2P. The number of ether oxygens (including phenoxy) is 1. The second-order valence-corrected chi connectivity index (χ2v) is 11.7. The first kappa shape index (κ1) is 24.5. The van der Waals surface area contributed by atoms with Gasteiger partial charge in [0.2, 0.25) is 0 Å². The first-order chi connectivity index (χ1) is 15.2. The van der Waals surface area contributed by atoms with Gasteiger partial charge in [-0.1, -0.05) is 110 Å². The Morgan fingerprint density at radius 3 is 2.19 bits per heavy atom. The van der Waals surface area contributed by atoms with E-state index in [2.05, 4.69) is 90.1 Å². The molecule has 32 heavy (non-hydrogen) atoms. The first-order valence-corrected chi connectivity index (χ1v) is 12.5. The highest BCUT2D eigenvalue weighted by molar-refractivity contribution is 7.48. The fraction of sp³-hybridized carbons (Fsp3) is 0.379. The van der Waals surface area contributed by atoms with E-state index in [1.54, 1.807) is 0 Å². The standard InChI is InChI=1S/C29H37O2P/c1-7-29(6,32-26-16-12-11-15-23(26)19-30)25-18-24(28(3,4)5)17-21(2)27(25)31-20-22-13-9-8-10-14-22/h8-18,30,32H,7,19-20H2,1-6H3. The molecule has 3 rings (SSSR count). The molecule has 2 nitrogen and oxygen atoms in total. The highest BCUT2D eigenvalue weighted by atomic mass is 31.1. The SMILES string of the molecule is CCC(C)(Pc1ccccc1CO)c1cc(C(C)(C)C)cc(C)c1OCc1ccccc1. The van der Waals surface area contributed by atoms with Crippen LogP contribution in [0, 0.1) is 6.92 Å². The summed E-state index contributed by atoms with van der Waals surface area (Å²) in [7, 11) is 0.535. The van der Waals surface area contributed by atoms with Crippen LogP contribution >= 0.6 is 8.58 Å². The molecule has 0 saturated heterocycles. The van der Waals surface area contributed by atoms with E-state index in [0.717, 1.165) is 17.7 Å². The Hall–Kier alpha value is -2.15. The Bertz CT molecular complexity index is 1040. The lowest BCUT2D eigenvalue weighted by atomic mass is 9.82. The summed E-state index contributed by atoms with van der Waals surface area (Å²) in [5.41, 5.74) is 6.02. The van der Waals surface area contributed by atoms with Crippen molar-refractivity contribution < 1.29 is 9.84 Å². The monoisotopic (exact) mass is 448 g/mol. The lowest BCUT2D eigenvalue weighted by Gasteiger charge is -2.34. The topological polar surface area (TPSA) is 29.5 Å². The van der Waals surface area contributed by atoms with E-state index in [9.17, 15) is 5.11 Å². The van der Waals surface area contributed by atoms with Crippen molar-refractivity contribution in [3.8, 4) is 5.75 Å². The molecule has 3 heteroatoms. The van der Waals surface area contributed by atoms with E-state index in [0.29, 0.717) is 15.2 Å². The van der Waals surface area contributed by atoms with E-state index < -0.39 is 0 Å². The summed E-state index contributed by atoms with van der Waals surface area (Å²) >= 11 is 0. The van der Waals surface area contributed by atoms with Gasteiger partial charge < -0.3 is 9.84 Å². The van der Waals surface area contributed by atoms with Crippen LogP contribution in [-0.4, -0.2) is 5.11 Å². The van der Waals surface area contributed by atoms with Crippen LogP contribution < -0.4 is 10.0 Å². The summed E-state index contributed by atoms with van der Waals surface area (Å²) in [5.74, 6) is 1.00. The summed E-state index contributed by atoms with van der Waals surface area (Å²) in [6.45, 7) is 14.2. The van der Waals surface area contributed by atoms with Gasteiger partial charge in [-0.3, -0.25) is 0 Å². The third-order valence-corrected chi connectivity index (χ3v) is 8.20. The van der Waals surface area contributed by atoms with Gasteiger partial charge in [0.15, 0.2) is 0 Å². The van der Waals surface area contributed by atoms with Crippen molar-refractivity contribution in [2.24, 2.45) is 0 Å². The molecule has 170 valence electrons. The number of aliphatic hydroxyl groups is 1. The Morgan fingerprint density at radius 1 is 0.906 bits per heavy atom.